The molecule has 1 aromatic heterocycles. The van der Waals surface area contributed by atoms with E-state index in [1.807, 2.05) is 0 Å². The van der Waals surface area contributed by atoms with Crippen LogP contribution < -0.4 is 0 Å². The Labute approximate surface area is 105 Å². The molecule has 0 spiro atoms. The van der Waals surface area contributed by atoms with E-state index >= 15 is 0 Å². The van der Waals surface area contributed by atoms with E-state index in [1.165, 1.54) is 12.4 Å². The van der Waals surface area contributed by atoms with E-state index in [9.17, 15) is 4.79 Å². The SMILES string of the molecule is C=CCN(CCOC)C(=O)c1cncc(Cl)n1. The molecule has 1 amide bonds. The van der Waals surface area contributed by atoms with Gasteiger partial charge in [-0.15, -0.1) is 6.58 Å². The second-order valence-electron chi connectivity index (χ2n) is 3.26. The first-order chi connectivity index (χ1) is 8.19. The van der Waals surface area contributed by atoms with Crippen LogP contribution in [0.15, 0.2) is 25.0 Å². The zero-order valence-corrected chi connectivity index (χ0v) is 10.4. The molecule has 0 aliphatic rings. The Balaban J connectivity index is 2.79. The Morgan fingerprint density at radius 2 is 2.41 bits per heavy atom. The zero-order valence-electron chi connectivity index (χ0n) is 9.60. The Kier molecular flexibility index (Phi) is 5.59. The minimum Gasteiger partial charge on any atom is -0.383 e. The van der Waals surface area contributed by atoms with Gasteiger partial charge in [0.1, 0.15) is 10.8 Å². The highest BCUT2D eigenvalue weighted by atomic mass is 35.5. The number of ether oxygens (including phenoxy) is 1. The lowest BCUT2D eigenvalue weighted by atomic mass is 10.3. The molecule has 0 unspecified atom stereocenters. The molecule has 5 nitrogen and oxygen atoms in total. The van der Waals surface area contributed by atoms with Crippen molar-refractivity contribution in [1.82, 2.24) is 14.9 Å². The summed E-state index contributed by atoms with van der Waals surface area (Å²) in [7, 11) is 1.58. The van der Waals surface area contributed by atoms with E-state index in [0.717, 1.165) is 0 Å². The largest absolute Gasteiger partial charge is 0.383 e. The molecule has 0 radical (unpaired) electrons. The quantitative estimate of drug-likeness (QED) is 0.721. The van der Waals surface area contributed by atoms with E-state index in [2.05, 4.69) is 16.5 Å². The van der Waals surface area contributed by atoms with E-state index in [-0.39, 0.29) is 16.8 Å². The number of nitrogens with zero attached hydrogens (tertiary/aromatic N) is 3. The van der Waals surface area contributed by atoms with Crippen LogP contribution in [-0.4, -0.2) is 47.6 Å². The van der Waals surface area contributed by atoms with Gasteiger partial charge in [0, 0.05) is 20.2 Å². The lowest BCUT2D eigenvalue weighted by molar-refractivity contribution is 0.0712. The van der Waals surface area contributed by atoms with Gasteiger partial charge < -0.3 is 9.64 Å². The number of carbonyl (C=O) groups excluding carboxylic acids is 1. The van der Waals surface area contributed by atoms with Crippen LogP contribution in [-0.2, 0) is 4.74 Å². The fourth-order valence-corrected chi connectivity index (χ4v) is 1.39. The second-order valence-corrected chi connectivity index (χ2v) is 3.65. The highest BCUT2D eigenvalue weighted by Crippen LogP contribution is 2.06. The van der Waals surface area contributed by atoms with Crippen LogP contribution >= 0.6 is 11.6 Å². The minimum absolute atomic E-state index is 0.196. The van der Waals surface area contributed by atoms with Crippen molar-refractivity contribution >= 4 is 17.5 Å². The van der Waals surface area contributed by atoms with Gasteiger partial charge in [0.15, 0.2) is 0 Å². The van der Waals surface area contributed by atoms with Crippen molar-refractivity contribution in [2.75, 3.05) is 26.8 Å². The van der Waals surface area contributed by atoms with Crippen LogP contribution in [0.4, 0.5) is 0 Å². The fourth-order valence-electron chi connectivity index (χ4n) is 1.24. The summed E-state index contributed by atoms with van der Waals surface area (Å²) in [5.41, 5.74) is 0.218. The number of methoxy groups -OCH3 is 1. The highest BCUT2D eigenvalue weighted by molar-refractivity contribution is 6.29. The number of rotatable bonds is 6. The van der Waals surface area contributed by atoms with E-state index < -0.39 is 0 Å². The minimum atomic E-state index is -0.239. The van der Waals surface area contributed by atoms with E-state index in [1.54, 1.807) is 18.1 Å². The summed E-state index contributed by atoms with van der Waals surface area (Å²) in [6, 6.07) is 0. The van der Waals surface area contributed by atoms with Crippen LogP contribution in [0.3, 0.4) is 0 Å². The van der Waals surface area contributed by atoms with Gasteiger partial charge >= 0.3 is 0 Å². The Morgan fingerprint density at radius 3 is 3.00 bits per heavy atom. The van der Waals surface area contributed by atoms with Crippen molar-refractivity contribution in [2.24, 2.45) is 0 Å². The lowest BCUT2D eigenvalue weighted by Crippen LogP contribution is -2.34. The summed E-state index contributed by atoms with van der Waals surface area (Å²) in [4.78, 5) is 21.4. The summed E-state index contributed by atoms with van der Waals surface area (Å²) in [5.74, 6) is -0.239. The number of amides is 1. The predicted octanol–water partition coefficient (Wildman–Crippen LogP) is 1.40. The standard InChI is InChI=1S/C11H14ClN3O2/c1-3-4-15(5-6-17-2)11(16)9-7-13-8-10(12)14-9/h3,7-8H,1,4-6H2,2H3. The number of aromatic nitrogens is 2. The van der Waals surface area contributed by atoms with E-state index in [0.29, 0.717) is 19.7 Å². The van der Waals surface area contributed by atoms with Gasteiger partial charge in [0.2, 0.25) is 0 Å². The average molecular weight is 256 g/mol. The first kappa shape index (κ1) is 13.6. The molecule has 92 valence electrons. The van der Waals surface area contributed by atoms with Crippen LogP contribution in [0.25, 0.3) is 0 Å². The number of carbonyl (C=O) groups is 1. The Hall–Kier alpha value is -1.46. The third kappa shape index (κ3) is 4.13. The van der Waals surface area contributed by atoms with Gasteiger partial charge in [-0.25, -0.2) is 4.98 Å². The molecule has 0 atom stereocenters. The normalized spacial score (nSPS) is 10.0. The third-order valence-electron chi connectivity index (χ3n) is 2.03. The summed E-state index contributed by atoms with van der Waals surface area (Å²) in [6.45, 7) is 4.95. The van der Waals surface area contributed by atoms with Crippen molar-refractivity contribution in [2.45, 2.75) is 0 Å². The van der Waals surface area contributed by atoms with Gasteiger partial charge in [0.25, 0.3) is 5.91 Å². The van der Waals surface area contributed by atoms with Crippen LogP contribution in [0.2, 0.25) is 5.15 Å². The molecule has 0 saturated heterocycles. The molecular weight excluding hydrogens is 242 g/mol. The van der Waals surface area contributed by atoms with Crippen LogP contribution in [0.1, 0.15) is 10.5 Å². The molecule has 1 aromatic rings. The number of halogens is 1. The van der Waals surface area contributed by atoms with E-state index in [4.69, 9.17) is 16.3 Å². The molecule has 17 heavy (non-hydrogen) atoms. The summed E-state index contributed by atoms with van der Waals surface area (Å²) < 4.78 is 4.94. The van der Waals surface area contributed by atoms with Crippen molar-refractivity contribution < 1.29 is 9.53 Å². The Bertz CT molecular complexity index is 398. The first-order valence-corrected chi connectivity index (χ1v) is 5.43. The van der Waals surface area contributed by atoms with Gasteiger partial charge in [-0.3, -0.25) is 9.78 Å². The molecule has 0 saturated carbocycles. The fraction of sp³-hybridized carbons (Fsp3) is 0.364. The maximum atomic E-state index is 12.1. The van der Waals surface area contributed by atoms with Crippen LogP contribution in [0, 0.1) is 0 Å². The topological polar surface area (TPSA) is 55.3 Å². The van der Waals surface area contributed by atoms with Crippen molar-refractivity contribution in [3.05, 3.63) is 35.9 Å². The summed E-state index contributed by atoms with van der Waals surface area (Å²) in [6.07, 6.45) is 4.41. The smallest absolute Gasteiger partial charge is 0.274 e. The molecule has 0 bridgehead atoms. The van der Waals surface area contributed by atoms with Crippen LogP contribution in [0.5, 0.6) is 0 Å². The molecule has 0 aromatic carbocycles. The monoisotopic (exact) mass is 255 g/mol. The van der Waals surface area contributed by atoms with Gasteiger partial charge in [0.05, 0.1) is 19.0 Å². The van der Waals surface area contributed by atoms with Crippen molar-refractivity contribution in [3.8, 4) is 0 Å². The van der Waals surface area contributed by atoms with Crippen molar-refractivity contribution in [1.29, 1.82) is 0 Å². The summed E-state index contributed by atoms with van der Waals surface area (Å²) >= 11 is 5.69. The maximum Gasteiger partial charge on any atom is 0.274 e. The second kappa shape index (κ2) is 6.98. The van der Waals surface area contributed by atoms with Gasteiger partial charge in [-0.2, -0.15) is 0 Å². The summed E-state index contributed by atoms with van der Waals surface area (Å²) in [5, 5.41) is 0.196. The molecule has 0 aliphatic carbocycles. The zero-order chi connectivity index (χ0) is 12.7. The molecule has 1 heterocycles. The predicted molar refractivity (Wildman–Crippen MR) is 65.0 cm³/mol. The molecule has 6 heteroatoms. The molecule has 0 N–H and O–H groups in total. The molecule has 0 aliphatic heterocycles. The van der Waals surface area contributed by atoms with Crippen molar-refractivity contribution in [3.63, 3.8) is 0 Å². The number of hydrogen-bond acceptors (Lipinski definition) is 4. The highest BCUT2D eigenvalue weighted by Gasteiger charge is 2.16. The van der Waals surface area contributed by atoms with Gasteiger partial charge in [-0.05, 0) is 0 Å². The molecule has 1 rings (SSSR count). The maximum absolute atomic E-state index is 12.1. The Morgan fingerprint density at radius 1 is 1.65 bits per heavy atom. The third-order valence-corrected chi connectivity index (χ3v) is 2.21. The lowest BCUT2D eigenvalue weighted by Gasteiger charge is -2.19. The molecule has 0 fully saturated rings. The average Bonchev–Trinajstić information content (AvgIpc) is 2.33. The first-order valence-electron chi connectivity index (χ1n) is 5.05. The van der Waals surface area contributed by atoms with Gasteiger partial charge in [-0.1, -0.05) is 17.7 Å². The number of hydrogen-bond donors (Lipinski definition) is 0. The molecular formula is C11H14ClN3O2.